The Morgan fingerprint density at radius 3 is 2.59 bits per heavy atom. The number of nitrogens with zero attached hydrogens (tertiary/aromatic N) is 4. The van der Waals surface area contributed by atoms with Crippen molar-refractivity contribution in [2.24, 2.45) is 0 Å². The number of carbonyl (C=O) groups is 1. The van der Waals surface area contributed by atoms with Gasteiger partial charge in [0.25, 0.3) is 0 Å². The van der Waals surface area contributed by atoms with Gasteiger partial charge in [-0.1, -0.05) is 15.9 Å². The van der Waals surface area contributed by atoms with Crippen LogP contribution < -0.4 is 11.0 Å². The second-order valence-electron chi connectivity index (χ2n) is 7.21. The van der Waals surface area contributed by atoms with Crippen molar-refractivity contribution in [3.8, 4) is 0 Å². The standard InChI is InChI=1S/C20H28BrN5O3/c1-3-25-19(23-26(20(25)28)12-13-29-2)15-8-10-24(11-9-15)14-18(27)22-17-6-4-16(21)5-7-17/h4-7,15H,3,8-14H2,1-2H3,(H,22,27). The molecule has 1 fully saturated rings. The number of aromatic nitrogens is 3. The number of piperidine rings is 1. The predicted molar refractivity (Wildman–Crippen MR) is 115 cm³/mol. The number of nitrogens with one attached hydrogen (secondary N) is 1. The van der Waals surface area contributed by atoms with Crippen LogP contribution in [0.3, 0.4) is 0 Å². The van der Waals surface area contributed by atoms with Crippen LogP contribution in [0.15, 0.2) is 33.5 Å². The Bertz CT molecular complexity index is 869. The maximum atomic E-state index is 12.5. The Kier molecular flexibility index (Phi) is 7.63. The van der Waals surface area contributed by atoms with Crippen LogP contribution in [0, 0.1) is 0 Å². The molecule has 0 unspecified atom stereocenters. The van der Waals surface area contributed by atoms with E-state index in [4.69, 9.17) is 4.74 Å². The van der Waals surface area contributed by atoms with Crippen LogP contribution in [0.2, 0.25) is 0 Å². The topological polar surface area (TPSA) is 81.4 Å². The highest BCUT2D eigenvalue weighted by molar-refractivity contribution is 9.10. The Morgan fingerprint density at radius 1 is 1.28 bits per heavy atom. The molecule has 0 aliphatic carbocycles. The first kappa shape index (κ1) is 21.7. The van der Waals surface area contributed by atoms with Crippen LogP contribution in [0.4, 0.5) is 5.69 Å². The van der Waals surface area contributed by atoms with Gasteiger partial charge in [0, 0.05) is 29.7 Å². The van der Waals surface area contributed by atoms with Crippen molar-refractivity contribution in [2.45, 2.75) is 38.8 Å². The zero-order valence-corrected chi connectivity index (χ0v) is 18.5. The maximum Gasteiger partial charge on any atom is 0.345 e. The number of halogens is 1. The number of rotatable bonds is 8. The molecular formula is C20H28BrN5O3. The van der Waals surface area contributed by atoms with Crippen LogP contribution in [0.1, 0.15) is 31.5 Å². The summed E-state index contributed by atoms with van der Waals surface area (Å²) >= 11 is 3.39. The Labute approximate surface area is 179 Å². The van der Waals surface area contributed by atoms with Gasteiger partial charge in [-0.25, -0.2) is 9.48 Å². The number of ether oxygens (including phenoxy) is 1. The van der Waals surface area contributed by atoms with Crippen molar-refractivity contribution in [2.75, 3.05) is 38.7 Å². The van der Waals surface area contributed by atoms with E-state index in [1.165, 1.54) is 4.68 Å². The summed E-state index contributed by atoms with van der Waals surface area (Å²) in [4.78, 5) is 27.0. The van der Waals surface area contributed by atoms with E-state index in [9.17, 15) is 9.59 Å². The lowest BCUT2D eigenvalue weighted by Crippen LogP contribution is -2.39. The van der Waals surface area contributed by atoms with Gasteiger partial charge in [-0.3, -0.25) is 14.3 Å². The van der Waals surface area contributed by atoms with Gasteiger partial charge in [0.1, 0.15) is 5.82 Å². The molecule has 1 saturated heterocycles. The minimum absolute atomic E-state index is 0.0138. The first-order chi connectivity index (χ1) is 14.0. The smallest absolute Gasteiger partial charge is 0.345 e. The maximum absolute atomic E-state index is 12.5. The van der Waals surface area contributed by atoms with E-state index >= 15 is 0 Å². The van der Waals surface area contributed by atoms with E-state index in [2.05, 4.69) is 31.2 Å². The monoisotopic (exact) mass is 465 g/mol. The zero-order chi connectivity index (χ0) is 20.8. The van der Waals surface area contributed by atoms with Gasteiger partial charge in [-0.15, -0.1) is 0 Å². The van der Waals surface area contributed by atoms with Crippen LogP contribution in [-0.4, -0.2) is 58.5 Å². The number of amides is 1. The summed E-state index contributed by atoms with van der Waals surface area (Å²) in [7, 11) is 1.62. The van der Waals surface area contributed by atoms with Gasteiger partial charge >= 0.3 is 5.69 Å². The lowest BCUT2D eigenvalue weighted by atomic mass is 9.96. The molecule has 0 radical (unpaired) electrons. The van der Waals surface area contributed by atoms with E-state index in [0.29, 0.717) is 26.2 Å². The summed E-state index contributed by atoms with van der Waals surface area (Å²) in [6.45, 7) is 5.48. The number of methoxy groups -OCH3 is 1. The second kappa shape index (κ2) is 10.2. The second-order valence-corrected chi connectivity index (χ2v) is 8.12. The van der Waals surface area contributed by atoms with Gasteiger partial charge < -0.3 is 10.1 Å². The van der Waals surface area contributed by atoms with Gasteiger partial charge in [0.05, 0.1) is 19.7 Å². The van der Waals surface area contributed by atoms with Crippen molar-refractivity contribution < 1.29 is 9.53 Å². The lowest BCUT2D eigenvalue weighted by molar-refractivity contribution is -0.117. The first-order valence-corrected chi connectivity index (χ1v) is 10.7. The molecule has 29 heavy (non-hydrogen) atoms. The van der Waals surface area contributed by atoms with E-state index in [1.54, 1.807) is 11.7 Å². The minimum atomic E-state index is -0.0733. The highest BCUT2D eigenvalue weighted by Crippen LogP contribution is 2.26. The van der Waals surface area contributed by atoms with Crippen molar-refractivity contribution >= 4 is 27.5 Å². The molecule has 1 N–H and O–H groups in total. The highest BCUT2D eigenvalue weighted by atomic mass is 79.9. The molecule has 1 amide bonds. The predicted octanol–water partition coefficient (Wildman–Crippen LogP) is 2.29. The molecule has 1 aromatic heterocycles. The summed E-state index contributed by atoms with van der Waals surface area (Å²) in [5.41, 5.74) is 0.720. The van der Waals surface area contributed by atoms with E-state index in [1.807, 2.05) is 31.2 Å². The fourth-order valence-corrected chi connectivity index (χ4v) is 3.93. The SMILES string of the molecule is CCn1c(C2CCN(CC(=O)Nc3ccc(Br)cc3)CC2)nn(CCOC)c1=O. The average Bonchev–Trinajstić information content (AvgIpc) is 3.04. The fourth-order valence-electron chi connectivity index (χ4n) is 3.67. The number of hydrogen-bond acceptors (Lipinski definition) is 5. The van der Waals surface area contributed by atoms with Crippen molar-refractivity contribution in [3.05, 3.63) is 45.0 Å². The summed E-state index contributed by atoms with van der Waals surface area (Å²) in [5, 5.41) is 7.51. The Balaban J connectivity index is 1.55. The van der Waals surface area contributed by atoms with Crippen molar-refractivity contribution in [1.29, 1.82) is 0 Å². The molecule has 1 aliphatic heterocycles. The Hall–Kier alpha value is -1.97. The molecule has 9 heteroatoms. The number of anilines is 1. The third-order valence-electron chi connectivity index (χ3n) is 5.22. The van der Waals surface area contributed by atoms with Crippen LogP contribution in [-0.2, 0) is 22.6 Å². The molecular weight excluding hydrogens is 438 g/mol. The molecule has 158 valence electrons. The molecule has 3 rings (SSSR count). The molecule has 2 aromatic rings. The van der Waals surface area contributed by atoms with Gasteiger partial charge in [0.2, 0.25) is 5.91 Å². The summed E-state index contributed by atoms with van der Waals surface area (Å²) < 4.78 is 9.31. The molecule has 2 heterocycles. The summed E-state index contributed by atoms with van der Waals surface area (Å²) in [6, 6.07) is 7.55. The summed E-state index contributed by atoms with van der Waals surface area (Å²) in [6.07, 6.45) is 1.76. The normalized spacial score (nSPS) is 15.6. The number of carbonyl (C=O) groups excluding carboxylic acids is 1. The molecule has 0 spiro atoms. The molecule has 1 aliphatic rings. The van der Waals surface area contributed by atoms with Crippen LogP contribution in [0.5, 0.6) is 0 Å². The molecule has 1 aromatic carbocycles. The van der Waals surface area contributed by atoms with Gasteiger partial charge in [-0.05, 0) is 57.1 Å². The summed E-state index contributed by atoms with van der Waals surface area (Å²) in [5.74, 6) is 1.07. The van der Waals surface area contributed by atoms with Crippen LogP contribution in [0.25, 0.3) is 0 Å². The number of likely N-dealkylation sites (tertiary alicyclic amines) is 1. The average molecular weight is 466 g/mol. The first-order valence-electron chi connectivity index (χ1n) is 9.96. The molecule has 0 saturated carbocycles. The highest BCUT2D eigenvalue weighted by Gasteiger charge is 2.27. The van der Waals surface area contributed by atoms with Gasteiger partial charge in [-0.2, -0.15) is 5.10 Å². The van der Waals surface area contributed by atoms with Crippen molar-refractivity contribution in [3.63, 3.8) is 0 Å². The van der Waals surface area contributed by atoms with Gasteiger partial charge in [0.15, 0.2) is 0 Å². The van der Waals surface area contributed by atoms with E-state index in [0.717, 1.165) is 41.9 Å². The van der Waals surface area contributed by atoms with Crippen molar-refractivity contribution in [1.82, 2.24) is 19.2 Å². The number of hydrogen-bond donors (Lipinski definition) is 1. The Morgan fingerprint density at radius 2 is 1.97 bits per heavy atom. The molecule has 0 atom stereocenters. The van der Waals surface area contributed by atoms with E-state index in [-0.39, 0.29) is 17.5 Å². The quantitative estimate of drug-likeness (QED) is 0.646. The van der Waals surface area contributed by atoms with Crippen LogP contribution >= 0.6 is 15.9 Å². The lowest BCUT2D eigenvalue weighted by Gasteiger charge is -2.30. The fraction of sp³-hybridized carbons (Fsp3) is 0.550. The minimum Gasteiger partial charge on any atom is -0.383 e. The zero-order valence-electron chi connectivity index (χ0n) is 16.9. The number of benzene rings is 1. The largest absolute Gasteiger partial charge is 0.383 e. The third kappa shape index (κ3) is 5.55. The third-order valence-corrected chi connectivity index (χ3v) is 5.75. The van der Waals surface area contributed by atoms with E-state index < -0.39 is 0 Å². The molecule has 8 nitrogen and oxygen atoms in total. The molecule has 0 bridgehead atoms.